The van der Waals surface area contributed by atoms with Gasteiger partial charge in [0.05, 0.1) is 30.7 Å². The molecule has 0 fully saturated rings. The molecule has 0 radical (unpaired) electrons. The van der Waals surface area contributed by atoms with Crippen LogP contribution >= 0.6 is 11.8 Å². The summed E-state index contributed by atoms with van der Waals surface area (Å²) in [5.41, 5.74) is 6.53. The summed E-state index contributed by atoms with van der Waals surface area (Å²) in [6.07, 6.45) is -0.108. The average molecular weight is 930 g/mol. The Morgan fingerprint density at radius 1 is 0.831 bits per heavy atom. The lowest BCUT2D eigenvalue weighted by Gasteiger charge is -2.41. The first-order chi connectivity index (χ1) is 30.5. The highest BCUT2D eigenvalue weighted by molar-refractivity contribution is 7.99. The highest BCUT2D eigenvalue weighted by Crippen LogP contribution is 2.41. The molecular formula is C44H57F2N7O11S. The van der Waals surface area contributed by atoms with Crippen molar-refractivity contribution >= 4 is 59.2 Å². The number of aliphatic carboxylic acids is 3. The number of amides is 5. The van der Waals surface area contributed by atoms with Crippen molar-refractivity contribution in [1.82, 2.24) is 30.7 Å². The van der Waals surface area contributed by atoms with Crippen LogP contribution in [-0.4, -0.2) is 121 Å². The van der Waals surface area contributed by atoms with Crippen molar-refractivity contribution in [2.45, 2.75) is 97.1 Å². The predicted molar refractivity (Wildman–Crippen MR) is 236 cm³/mol. The van der Waals surface area contributed by atoms with Crippen molar-refractivity contribution in [1.29, 1.82) is 0 Å². The Balaban J connectivity index is 1.96. The third-order valence-corrected chi connectivity index (χ3v) is 10.8. The Morgan fingerprint density at radius 2 is 1.48 bits per heavy atom. The van der Waals surface area contributed by atoms with E-state index in [1.807, 2.05) is 55.7 Å². The van der Waals surface area contributed by atoms with Gasteiger partial charge in [-0.15, -0.1) is 0 Å². The fourth-order valence-corrected chi connectivity index (χ4v) is 7.55. The molecule has 18 nitrogen and oxygen atoms in total. The molecule has 5 atom stereocenters. The Morgan fingerprint density at radius 3 is 2.08 bits per heavy atom. The van der Waals surface area contributed by atoms with Crippen molar-refractivity contribution in [2.75, 3.05) is 24.6 Å². The van der Waals surface area contributed by atoms with Crippen LogP contribution in [0.25, 0.3) is 11.1 Å². The van der Waals surface area contributed by atoms with Gasteiger partial charge in [0.2, 0.25) is 29.5 Å². The highest BCUT2D eigenvalue weighted by Gasteiger charge is 2.37. The van der Waals surface area contributed by atoms with Gasteiger partial charge in [-0.3, -0.25) is 33.6 Å². The van der Waals surface area contributed by atoms with Crippen LogP contribution in [0.5, 0.6) is 0 Å². The van der Waals surface area contributed by atoms with Crippen LogP contribution < -0.4 is 27.0 Å². The average Bonchev–Trinajstić information content (AvgIpc) is 3.62. The summed E-state index contributed by atoms with van der Waals surface area (Å²) in [6.45, 7) is 8.52. The molecule has 1 heterocycles. The molecule has 0 bridgehead atoms. The topological polar surface area (TPSA) is 280 Å². The first kappa shape index (κ1) is 53.0. The number of carboxylic acids is 3. The Labute approximate surface area is 379 Å². The normalized spacial score (nSPS) is 13.6. The van der Waals surface area contributed by atoms with Gasteiger partial charge in [0, 0.05) is 54.8 Å². The molecular weight excluding hydrogens is 873 g/mol. The quantitative estimate of drug-likeness (QED) is 0.0569. The van der Waals surface area contributed by atoms with Crippen LogP contribution in [0.3, 0.4) is 0 Å². The van der Waals surface area contributed by atoms with Crippen molar-refractivity contribution in [3.05, 3.63) is 83.7 Å². The summed E-state index contributed by atoms with van der Waals surface area (Å²) in [7, 11) is 0. The lowest BCUT2D eigenvalue weighted by molar-refractivity contribution is -0.147. The molecule has 0 unspecified atom stereocenters. The maximum absolute atomic E-state index is 15.3. The molecule has 0 aliphatic heterocycles. The molecule has 3 aromatic rings. The zero-order valence-corrected chi connectivity index (χ0v) is 37.6. The van der Waals surface area contributed by atoms with Gasteiger partial charge < -0.3 is 51.8 Å². The first-order valence-electron chi connectivity index (χ1n) is 20.6. The molecule has 65 heavy (non-hydrogen) atoms. The van der Waals surface area contributed by atoms with Crippen LogP contribution in [0.15, 0.2) is 60.8 Å². The van der Waals surface area contributed by atoms with E-state index in [-0.39, 0.29) is 49.5 Å². The monoisotopic (exact) mass is 929 g/mol. The third kappa shape index (κ3) is 16.9. The Hall–Kier alpha value is -6.35. The zero-order valence-electron chi connectivity index (χ0n) is 36.8. The lowest BCUT2D eigenvalue weighted by Crippen LogP contribution is -2.55. The zero-order chi connectivity index (χ0) is 48.6. The molecule has 9 N–H and O–H groups in total. The van der Waals surface area contributed by atoms with Crippen molar-refractivity contribution in [3.8, 4) is 11.1 Å². The van der Waals surface area contributed by atoms with E-state index in [1.165, 1.54) is 13.8 Å². The number of nitrogens with two attached hydrogens (primary N) is 1. The third-order valence-electron chi connectivity index (χ3n) is 9.86. The molecule has 21 heteroatoms. The van der Waals surface area contributed by atoms with E-state index in [0.717, 1.165) is 35.5 Å². The van der Waals surface area contributed by atoms with Gasteiger partial charge in [0.25, 0.3) is 0 Å². The molecule has 0 saturated carbocycles. The second-order valence-electron chi connectivity index (χ2n) is 16.4. The van der Waals surface area contributed by atoms with Gasteiger partial charge in [-0.2, -0.15) is 11.8 Å². The standard InChI is InChI=1S/C44H57F2N7O11S/c1-25(47)40(60)49-26(2)41(61)51-32(20-37(56)57)42(62)48-15-9-16-53(36(55)24-65-17-14-35(54)50-33(43(63)64)21-38(58)59)39(44(3,4)5)34-18-28(30-19-29(45)12-13-31(30)46)23-52(34)22-27-10-7-6-8-11-27/h6-8,10-13,18-19,23,25-26,32-33,39H,9,14-17,20-22,24,47H2,1-5H3,(H,48,62)(H,49,60)(H,50,54)(H,51,61)(H,56,57)(H,58,59)(H,63,64)/t25-,26+,32-,33+,39-/m0/s1. The molecule has 3 rings (SSSR count). The van der Waals surface area contributed by atoms with Gasteiger partial charge in [-0.1, -0.05) is 51.1 Å². The SMILES string of the molecule is C[C@H](N)C(=O)N[C@H](C)C(=O)N[C@@H](CC(=O)O)C(=O)NCCCN(C(=O)CSCCC(=O)N[C@H](CC(=O)O)C(=O)O)[C@@H](c1cc(-c2cc(F)ccc2F)cn1Cc1ccccc1)C(C)(C)C. The van der Waals surface area contributed by atoms with E-state index in [1.54, 1.807) is 17.2 Å². The van der Waals surface area contributed by atoms with Gasteiger partial charge >= 0.3 is 17.9 Å². The minimum absolute atomic E-state index is 0.0117. The number of benzene rings is 2. The van der Waals surface area contributed by atoms with E-state index in [0.29, 0.717) is 11.3 Å². The number of thioether (sulfide) groups is 1. The number of hydrogen-bond acceptors (Lipinski definition) is 10. The number of rotatable bonds is 25. The summed E-state index contributed by atoms with van der Waals surface area (Å²) in [6, 6.07) is 8.01. The van der Waals surface area contributed by atoms with Crippen molar-refractivity contribution in [2.24, 2.45) is 11.1 Å². The van der Waals surface area contributed by atoms with Crippen molar-refractivity contribution in [3.63, 3.8) is 0 Å². The van der Waals surface area contributed by atoms with Crippen molar-refractivity contribution < 1.29 is 62.5 Å². The summed E-state index contributed by atoms with van der Waals surface area (Å²) in [4.78, 5) is 101. The minimum atomic E-state index is -1.65. The Bertz CT molecular complexity index is 2180. The summed E-state index contributed by atoms with van der Waals surface area (Å²) in [5, 5.41) is 37.3. The Kier molecular flexibility index (Phi) is 20.1. The molecule has 0 saturated heterocycles. The number of aromatic nitrogens is 1. The number of carbonyl (C=O) groups excluding carboxylic acids is 5. The summed E-state index contributed by atoms with van der Waals surface area (Å²) < 4.78 is 31.7. The summed E-state index contributed by atoms with van der Waals surface area (Å²) in [5.74, 6) is -9.33. The molecule has 5 amide bonds. The second-order valence-corrected chi connectivity index (χ2v) is 17.5. The van der Waals surface area contributed by atoms with E-state index >= 15 is 4.39 Å². The maximum Gasteiger partial charge on any atom is 0.326 e. The molecule has 0 aliphatic rings. The number of carbonyl (C=O) groups is 8. The van der Waals surface area contributed by atoms with Gasteiger partial charge in [-0.25, -0.2) is 13.6 Å². The smallest absolute Gasteiger partial charge is 0.326 e. The highest BCUT2D eigenvalue weighted by atomic mass is 32.2. The number of carboxylic acid groups (broad SMARTS) is 3. The minimum Gasteiger partial charge on any atom is -0.481 e. The number of hydrogen-bond donors (Lipinski definition) is 8. The fraction of sp³-hybridized carbons (Fsp3) is 0.455. The van der Waals surface area contributed by atoms with Crippen LogP contribution in [0, 0.1) is 17.0 Å². The van der Waals surface area contributed by atoms with E-state index in [4.69, 9.17) is 10.8 Å². The van der Waals surface area contributed by atoms with Crippen LogP contribution in [-0.2, 0) is 44.9 Å². The van der Waals surface area contributed by atoms with E-state index < -0.39 is 108 Å². The van der Waals surface area contributed by atoms with Gasteiger partial charge in [-0.05, 0) is 55.5 Å². The first-order valence-corrected chi connectivity index (χ1v) is 21.8. The van der Waals surface area contributed by atoms with Crippen LogP contribution in [0.2, 0.25) is 0 Å². The van der Waals surface area contributed by atoms with Gasteiger partial charge in [0.15, 0.2) is 0 Å². The molecule has 0 aliphatic carbocycles. The molecule has 2 aromatic carbocycles. The van der Waals surface area contributed by atoms with Crippen LogP contribution in [0.1, 0.15) is 77.6 Å². The maximum atomic E-state index is 15.3. The predicted octanol–water partition coefficient (Wildman–Crippen LogP) is 2.88. The summed E-state index contributed by atoms with van der Waals surface area (Å²) >= 11 is 1.06. The number of nitrogens with zero attached hydrogens (tertiary/aromatic N) is 2. The van der Waals surface area contributed by atoms with Gasteiger partial charge in [0.1, 0.15) is 29.8 Å². The van der Waals surface area contributed by atoms with E-state index in [9.17, 15) is 53.0 Å². The number of halogens is 2. The fourth-order valence-electron chi connectivity index (χ4n) is 6.73. The molecule has 1 aromatic heterocycles. The second kappa shape index (κ2) is 24.6. The molecule has 0 spiro atoms. The largest absolute Gasteiger partial charge is 0.481 e. The van der Waals surface area contributed by atoms with Crippen LogP contribution in [0.4, 0.5) is 8.78 Å². The van der Waals surface area contributed by atoms with E-state index in [2.05, 4.69) is 21.3 Å². The lowest BCUT2D eigenvalue weighted by atomic mass is 9.83. The number of nitrogens with one attached hydrogen (secondary N) is 4. The molecule has 354 valence electrons.